The fraction of sp³-hybridized carbons (Fsp3) is 0.889. The summed E-state index contributed by atoms with van der Waals surface area (Å²) in [6, 6.07) is -0.349. The van der Waals surface area contributed by atoms with Crippen LogP contribution in [0.15, 0.2) is 0 Å². The Morgan fingerprint density at radius 1 is 1.75 bits per heavy atom. The molecular weight excluding hydrogens is 154 g/mol. The highest BCUT2D eigenvalue weighted by Gasteiger charge is 2.32. The van der Waals surface area contributed by atoms with E-state index in [0.717, 1.165) is 18.4 Å². The summed E-state index contributed by atoms with van der Waals surface area (Å²) in [6.45, 7) is 4.96. The zero-order chi connectivity index (χ0) is 9.14. The average molecular weight is 171 g/mol. The van der Waals surface area contributed by atoms with Crippen molar-refractivity contribution in [2.75, 3.05) is 6.54 Å². The van der Waals surface area contributed by atoms with E-state index in [2.05, 4.69) is 12.2 Å². The van der Waals surface area contributed by atoms with Gasteiger partial charge in [0.1, 0.15) is 6.04 Å². The van der Waals surface area contributed by atoms with Crippen molar-refractivity contribution in [3.05, 3.63) is 0 Å². The number of aliphatic carboxylic acids is 1. The van der Waals surface area contributed by atoms with Crippen LogP contribution in [0, 0.1) is 11.8 Å². The van der Waals surface area contributed by atoms with Gasteiger partial charge in [0, 0.05) is 0 Å². The summed E-state index contributed by atoms with van der Waals surface area (Å²) >= 11 is 0. The molecule has 0 amide bonds. The lowest BCUT2D eigenvalue weighted by atomic mass is 10.2. The van der Waals surface area contributed by atoms with Crippen molar-refractivity contribution >= 4 is 5.97 Å². The lowest BCUT2D eigenvalue weighted by molar-refractivity contribution is -0.139. The van der Waals surface area contributed by atoms with Gasteiger partial charge in [-0.15, -0.1) is 0 Å². The largest absolute Gasteiger partial charge is 0.480 e. The maximum Gasteiger partial charge on any atom is 0.320 e. The molecular formula is C9H17NO2. The van der Waals surface area contributed by atoms with Crippen LogP contribution in [0.2, 0.25) is 0 Å². The molecule has 0 bridgehead atoms. The quantitative estimate of drug-likeness (QED) is 0.651. The SMILES string of the molecule is CCC(NCC1CC1C)C(=O)O. The van der Waals surface area contributed by atoms with Gasteiger partial charge < -0.3 is 10.4 Å². The Morgan fingerprint density at radius 3 is 2.67 bits per heavy atom. The Balaban J connectivity index is 2.15. The second-order valence-electron chi connectivity index (χ2n) is 3.68. The van der Waals surface area contributed by atoms with Gasteiger partial charge in [-0.25, -0.2) is 0 Å². The zero-order valence-corrected chi connectivity index (χ0v) is 7.71. The highest BCUT2D eigenvalue weighted by Crippen LogP contribution is 2.36. The molecule has 0 spiro atoms. The molecule has 1 aliphatic carbocycles. The third-order valence-electron chi connectivity index (χ3n) is 2.61. The molecule has 0 aromatic heterocycles. The molecule has 0 aromatic rings. The summed E-state index contributed by atoms with van der Waals surface area (Å²) in [6.07, 6.45) is 1.92. The second kappa shape index (κ2) is 3.90. The van der Waals surface area contributed by atoms with Crippen LogP contribution in [0.3, 0.4) is 0 Å². The van der Waals surface area contributed by atoms with Gasteiger partial charge in [0.25, 0.3) is 0 Å². The molecule has 3 unspecified atom stereocenters. The van der Waals surface area contributed by atoms with Crippen molar-refractivity contribution in [1.29, 1.82) is 0 Å². The third-order valence-corrected chi connectivity index (χ3v) is 2.61. The smallest absolute Gasteiger partial charge is 0.320 e. The summed E-state index contributed by atoms with van der Waals surface area (Å²) in [7, 11) is 0. The standard InChI is InChI=1S/C9H17NO2/c1-3-8(9(11)12)10-5-7-4-6(7)2/h6-8,10H,3-5H2,1-2H3,(H,11,12). The van der Waals surface area contributed by atoms with Crippen LogP contribution in [0.5, 0.6) is 0 Å². The minimum atomic E-state index is -0.731. The number of carboxylic acid groups (broad SMARTS) is 1. The van der Waals surface area contributed by atoms with E-state index in [1.807, 2.05) is 6.92 Å². The number of hydrogen-bond donors (Lipinski definition) is 2. The van der Waals surface area contributed by atoms with Crippen molar-refractivity contribution in [3.63, 3.8) is 0 Å². The predicted molar refractivity (Wildman–Crippen MR) is 47.0 cm³/mol. The molecule has 0 aromatic carbocycles. The van der Waals surface area contributed by atoms with Crippen LogP contribution in [-0.4, -0.2) is 23.7 Å². The molecule has 3 nitrogen and oxygen atoms in total. The molecule has 12 heavy (non-hydrogen) atoms. The summed E-state index contributed by atoms with van der Waals surface area (Å²) in [5.74, 6) is 0.785. The molecule has 1 aliphatic rings. The van der Waals surface area contributed by atoms with Crippen molar-refractivity contribution in [1.82, 2.24) is 5.32 Å². The molecule has 3 atom stereocenters. The maximum absolute atomic E-state index is 10.6. The number of carbonyl (C=O) groups is 1. The zero-order valence-electron chi connectivity index (χ0n) is 7.71. The van der Waals surface area contributed by atoms with Gasteiger partial charge in [-0.2, -0.15) is 0 Å². The number of carboxylic acids is 1. The topological polar surface area (TPSA) is 49.3 Å². The molecule has 3 heteroatoms. The first-order valence-corrected chi connectivity index (χ1v) is 4.61. The van der Waals surface area contributed by atoms with Gasteiger partial charge in [-0.05, 0) is 31.2 Å². The fourth-order valence-electron chi connectivity index (χ4n) is 1.38. The van der Waals surface area contributed by atoms with Gasteiger partial charge in [-0.1, -0.05) is 13.8 Å². The normalized spacial score (nSPS) is 29.8. The van der Waals surface area contributed by atoms with Crippen molar-refractivity contribution in [2.24, 2.45) is 11.8 Å². The van der Waals surface area contributed by atoms with E-state index in [9.17, 15) is 4.79 Å². The van der Waals surface area contributed by atoms with Crippen LogP contribution < -0.4 is 5.32 Å². The summed E-state index contributed by atoms with van der Waals surface area (Å²) in [5, 5.41) is 11.8. The Labute approximate surface area is 73.2 Å². The van der Waals surface area contributed by atoms with Gasteiger partial charge in [0.05, 0.1) is 0 Å². The number of rotatable bonds is 5. The van der Waals surface area contributed by atoms with E-state index in [4.69, 9.17) is 5.11 Å². The monoisotopic (exact) mass is 171 g/mol. The minimum Gasteiger partial charge on any atom is -0.480 e. The van der Waals surface area contributed by atoms with Crippen LogP contribution >= 0.6 is 0 Å². The van der Waals surface area contributed by atoms with Crippen molar-refractivity contribution < 1.29 is 9.90 Å². The van der Waals surface area contributed by atoms with Crippen molar-refractivity contribution in [2.45, 2.75) is 32.7 Å². The van der Waals surface area contributed by atoms with E-state index >= 15 is 0 Å². The fourth-order valence-corrected chi connectivity index (χ4v) is 1.38. The minimum absolute atomic E-state index is 0.349. The first kappa shape index (κ1) is 9.52. The van der Waals surface area contributed by atoms with E-state index in [1.165, 1.54) is 6.42 Å². The average Bonchev–Trinajstić information content (AvgIpc) is 2.67. The Morgan fingerprint density at radius 2 is 2.33 bits per heavy atom. The lowest BCUT2D eigenvalue weighted by Gasteiger charge is -2.11. The molecule has 0 aliphatic heterocycles. The van der Waals surface area contributed by atoms with Crippen LogP contribution in [0.25, 0.3) is 0 Å². The van der Waals surface area contributed by atoms with Gasteiger partial charge >= 0.3 is 5.97 Å². The summed E-state index contributed by atoms with van der Waals surface area (Å²) < 4.78 is 0. The molecule has 1 rings (SSSR count). The molecule has 0 heterocycles. The van der Waals surface area contributed by atoms with Crippen LogP contribution in [0.4, 0.5) is 0 Å². The van der Waals surface area contributed by atoms with Gasteiger partial charge in [0.2, 0.25) is 0 Å². The maximum atomic E-state index is 10.6. The van der Waals surface area contributed by atoms with Gasteiger partial charge in [0.15, 0.2) is 0 Å². The molecule has 1 fully saturated rings. The summed E-state index contributed by atoms with van der Waals surface area (Å²) in [4.78, 5) is 10.6. The molecule has 0 saturated heterocycles. The highest BCUT2D eigenvalue weighted by atomic mass is 16.4. The van der Waals surface area contributed by atoms with E-state index < -0.39 is 5.97 Å². The Bertz CT molecular complexity index is 170. The van der Waals surface area contributed by atoms with Crippen molar-refractivity contribution in [3.8, 4) is 0 Å². The predicted octanol–water partition coefficient (Wildman–Crippen LogP) is 1.10. The Kier molecular flexibility index (Phi) is 3.09. The highest BCUT2D eigenvalue weighted by molar-refractivity contribution is 5.73. The third kappa shape index (κ3) is 2.48. The Hall–Kier alpha value is -0.570. The second-order valence-corrected chi connectivity index (χ2v) is 3.68. The molecule has 70 valence electrons. The van der Waals surface area contributed by atoms with Crippen LogP contribution in [-0.2, 0) is 4.79 Å². The van der Waals surface area contributed by atoms with E-state index in [0.29, 0.717) is 6.42 Å². The van der Waals surface area contributed by atoms with E-state index in [-0.39, 0.29) is 6.04 Å². The van der Waals surface area contributed by atoms with E-state index in [1.54, 1.807) is 0 Å². The number of nitrogens with one attached hydrogen (secondary N) is 1. The molecule has 0 radical (unpaired) electrons. The first-order valence-electron chi connectivity index (χ1n) is 4.61. The first-order chi connectivity index (χ1) is 5.65. The molecule has 2 N–H and O–H groups in total. The summed E-state index contributed by atoms with van der Waals surface area (Å²) in [5.41, 5.74) is 0. The van der Waals surface area contributed by atoms with Gasteiger partial charge in [-0.3, -0.25) is 4.79 Å². The lowest BCUT2D eigenvalue weighted by Crippen LogP contribution is -2.37. The molecule has 1 saturated carbocycles. The number of hydrogen-bond acceptors (Lipinski definition) is 2. The van der Waals surface area contributed by atoms with Crippen LogP contribution in [0.1, 0.15) is 26.7 Å².